The van der Waals surface area contributed by atoms with E-state index in [4.69, 9.17) is 4.74 Å². The van der Waals surface area contributed by atoms with Gasteiger partial charge in [0.15, 0.2) is 11.5 Å². The minimum absolute atomic E-state index is 0.107. The van der Waals surface area contributed by atoms with E-state index in [1.807, 2.05) is 0 Å². The molecule has 2 fully saturated rings. The molecule has 0 spiro atoms. The molecule has 30 heavy (non-hydrogen) atoms. The molecule has 0 radical (unpaired) electrons. The highest BCUT2D eigenvalue weighted by atomic mass is 19.1. The molecule has 1 N–H and O–H groups in total. The third-order valence-corrected chi connectivity index (χ3v) is 6.65. The van der Waals surface area contributed by atoms with Gasteiger partial charge in [-0.15, -0.1) is 0 Å². The van der Waals surface area contributed by atoms with E-state index in [-0.39, 0.29) is 17.6 Å². The van der Waals surface area contributed by atoms with Crippen LogP contribution < -0.4 is 5.32 Å². The summed E-state index contributed by atoms with van der Waals surface area (Å²) in [4.78, 5) is 15.4. The number of carbonyl (C=O) groups excluding carboxylic acids is 1. The summed E-state index contributed by atoms with van der Waals surface area (Å²) < 4.78 is 34.5. The maximum Gasteiger partial charge on any atom is 0.272 e. The number of nitrogens with zero attached hydrogens (tertiary/aromatic N) is 3. The lowest BCUT2D eigenvalue weighted by atomic mass is 10.0. The van der Waals surface area contributed by atoms with Crippen molar-refractivity contribution in [3.63, 3.8) is 0 Å². The summed E-state index contributed by atoms with van der Waals surface area (Å²) in [7, 11) is 1.70. The van der Waals surface area contributed by atoms with Crippen molar-refractivity contribution >= 4 is 5.91 Å². The average molecular weight is 416 g/mol. The lowest BCUT2D eigenvalue weighted by Gasteiger charge is -2.32. The third kappa shape index (κ3) is 3.52. The Morgan fingerprint density at radius 1 is 1.30 bits per heavy atom. The van der Waals surface area contributed by atoms with Crippen molar-refractivity contribution < 1.29 is 18.3 Å². The number of amides is 1. The standard InChI is InChI=1S/C22H26F2N4O2/c1-30-9-8-27-6-4-15(5-7-27)25-22(29)20-17-11-13-10-16(13)21(17)28(26-20)19-3-2-14(23)12-18(19)24/h2-3,12-13,15-16H,4-11H2,1H3,(H,25,29)/t13-,16-/m1/s1. The summed E-state index contributed by atoms with van der Waals surface area (Å²) in [6.45, 7) is 3.46. The first-order chi connectivity index (χ1) is 14.5. The predicted octanol–water partition coefficient (Wildman–Crippen LogP) is 2.65. The Hall–Kier alpha value is -2.32. The molecule has 1 saturated carbocycles. The fourth-order valence-corrected chi connectivity index (χ4v) is 4.91. The molecule has 2 heterocycles. The first-order valence-corrected chi connectivity index (χ1v) is 10.6. The van der Waals surface area contributed by atoms with E-state index in [1.165, 1.54) is 16.8 Å². The van der Waals surface area contributed by atoms with Gasteiger partial charge in [0.25, 0.3) is 5.91 Å². The first-order valence-electron chi connectivity index (χ1n) is 10.6. The van der Waals surface area contributed by atoms with Gasteiger partial charge in [-0.25, -0.2) is 13.5 Å². The number of hydrogen-bond acceptors (Lipinski definition) is 4. The largest absolute Gasteiger partial charge is 0.383 e. The molecule has 1 aromatic heterocycles. The summed E-state index contributed by atoms with van der Waals surface area (Å²) in [6, 6.07) is 3.59. The number of likely N-dealkylation sites (tertiary alicyclic amines) is 1. The fraction of sp³-hybridized carbons (Fsp3) is 0.545. The highest BCUT2D eigenvalue weighted by Gasteiger charge is 2.50. The van der Waals surface area contributed by atoms with Gasteiger partial charge in [0.05, 0.1) is 12.3 Å². The molecular weight excluding hydrogens is 390 g/mol. The van der Waals surface area contributed by atoms with Gasteiger partial charge in [-0.2, -0.15) is 5.10 Å². The van der Waals surface area contributed by atoms with E-state index in [0.717, 1.165) is 62.6 Å². The maximum absolute atomic E-state index is 14.4. The second kappa shape index (κ2) is 7.74. The number of ether oxygens (including phenoxy) is 1. The zero-order valence-electron chi connectivity index (χ0n) is 17.0. The predicted molar refractivity (Wildman–Crippen MR) is 107 cm³/mol. The number of aromatic nitrogens is 2. The van der Waals surface area contributed by atoms with Crippen LogP contribution in [0.5, 0.6) is 0 Å². The molecule has 1 aliphatic heterocycles. The molecule has 2 aliphatic carbocycles. The van der Waals surface area contributed by atoms with Crippen LogP contribution in [0.3, 0.4) is 0 Å². The highest BCUT2D eigenvalue weighted by molar-refractivity contribution is 5.94. The summed E-state index contributed by atoms with van der Waals surface area (Å²) in [6.07, 6.45) is 3.62. The van der Waals surface area contributed by atoms with Crippen LogP contribution in [-0.4, -0.2) is 60.0 Å². The van der Waals surface area contributed by atoms with Crippen LogP contribution in [0.1, 0.15) is 46.9 Å². The summed E-state index contributed by atoms with van der Waals surface area (Å²) in [5, 5.41) is 7.64. The normalized spacial score (nSPS) is 23.3. The molecule has 1 aromatic carbocycles. The van der Waals surface area contributed by atoms with Gasteiger partial charge in [-0.1, -0.05) is 0 Å². The number of halogens is 2. The molecule has 160 valence electrons. The number of hydrogen-bond donors (Lipinski definition) is 1. The molecule has 0 bridgehead atoms. The van der Waals surface area contributed by atoms with Crippen molar-refractivity contribution in [2.45, 2.75) is 37.6 Å². The van der Waals surface area contributed by atoms with Gasteiger partial charge in [0.2, 0.25) is 0 Å². The number of piperidine rings is 1. The Morgan fingerprint density at radius 3 is 2.83 bits per heavy atom. The minimum atomic E-state index is -0.667. The quantitative estimate of drug-likeness (QED) is 0.787. The van der Waals surface area contributed by atoms with Crippen molar-refractivity contribution in [3.05, 3.63) is 46.8 Å². The molecule has 2 atom stereocenters. The van der Waals surface area contributed by atoms with Crippen LogP contribution in [-0.2, 0) is 11.2 Å². The summed E-state index contributed by atoms with van der Waals surface area (Å²) in [5.41, 5.74) is 2.44. The first kappa shape index (κ1) is 19.6. The van der Waals surface area contributed by atoms with Gasteiger partial charge < -0.3 is 15.0 Å². The number of methoxy groups -OCH3 is 1. The molecule has 5 rings (SSSR count). The number of fused-ring (bicyclic) bond motifs is 3. The summed E-state index contributed by atoms with van der Waals surface area (Å²) in [5.74, 6) is -0.644. The number of carbonyl (C=O) groups is 1. The number of nitrogens with one attached hydrogen (secondary N) is 1. The van der Waals surface area contributed by atoms with Crippen LogP contribution in [0, 0.1) is 17.6 Å². The average Bonchev–Trinajstić information content (AvgIpc) is 3.23. The number of rotatable bonds is 6. The third-order valence-electron chi connectivity index (χ3n) is 6.65. The van der Waals surface area contributed by atoms with Gasteiger partial charge in [0, 0.05) is 50.3 Å². The van der Waals surface area contributed by atoms with E-state index in [9.17, 15) is 13.6 Å². The molecular formula is C22H26F2N4O2. The SMILES string of the molecule is COCCN1CCC(NC(=O)c2nn(-c3ccc(F)cc3F)c3c2C[C@H]2C[C@@H]32)CC1. The molecule has 3 aliphatic rings. The van der Waals surface area contributed by atoms with E-state index >= 15 is 0 Å². The lowest BCUT2D eigenvalue weighted by Crippen LogP contribution is -2.45. The van der Waals surface area contributed by atoms with Crippen LogP contribution in [0.15, 0.2) is 18.2 Å². The molecule has 2 aromatic rings. The monoisotopic (exact) mass is 416 g/mol. The molecule has 1 saturated heterocycles. The lowest BCUT2D eigenvalue weighted by molar-refractivity contribution is 0.0886. The zero-order chi connectivity index (χ0) is 20.8. The van der Waals surface area contributed by atoms with Crippen molar-refractivity contribution in [2.75, 3.05) is 33.4 Å². The smallest absolute Gasteiger partial charge is 0.272 e. The van der Waals surface area contributed by atoms with Crippen LogP contribution in [0.2, 0.25) is 0 Å². The Balaban J connectivity index is 1.34. The minimum Gasteiger partial charge on any atom is -0.383 e. The van der Waals surface area contributed by atoms with Gasteiger partial charge in [-0.05, 0) is 43.7 Å². The molecule has 6 nitrogen and oxygen atoms in total. The summed E-state index contributed by atoms with van der Waals surface area (Å²) >= 11 is 0. The Bertz CT molecular complexity index is 968. The second-order valence-electron chi connectivity index (χ2n) is 8.61. The number of benzene rings is 1. The van der Waals surface area contributed by atoms with Gasteiger partial charge >= 0.3 is 0 Å². The van der Waals surface area contributed by atoms with E-state index in [0.29, 0.717) is 24.1 Å². The molecule has 8 heteroatoms. The topological polar surface area (TPSA) is 59.4 Å². The van der Waals surface area contributed by atoms with E-state index < -0.39 is 11.6 Å². The van der Waals surface area contributed by atoms with Gasteiger partial charge in [-0.3, -0.25) is 4.79 Å². The Kier molecular flexibility index (Phi) is 5.06. The second-order valence-corrected chi connectivity index (χ2v) is 8.61. The van der Waals surface area contributed by atoms with Crippen LogP contribution in [0.4, 0.5) is 8.78 Å². The van der Waals surface area contributed by atoms with Crippen molar-refractivity contribution in [1.29, 1.82) is 0 Å². The Morgan fingerprint density at radius 2 is 2.10 bits per heavy atom. The molecule has 1 amide bonds. The molecule has 0 unspecified atom stereocenters. The van der Waals surface area contributed by atoms with Crippen molar-refractivity contribution in [3.8, 4) is 5.69 Å². The highest BCUT2D eigenvalue weighted by Crippen LogP contribution is 2.57. The van der Waals surface area contributed by atoms with E-state index in [2.05, 4.69) is 15.3 Å². The fourth-order valence-electron chi connectivity index (χ4n) is 4.91. The van der Waals surface area contributed by atoms with E-state index in [1.54, 1.807) is 7.11 Å². The van der Waals surface area contributed by atoms with Crippen LogP contribution in [0.25, 0.3) is 5.69 Å². The zero-order valence-corrected chi connectivity index (χ0v) is 17.0. The Labute approximate surface area is 174 Å². The van der Waals surface area contributed by atoms with Gasteiger partial charge in [0.1, 0.15) is 11.5 Å². The van der Waals surface area contributed by atoms with Crippen molar-refractivity contribution in [2.24, 2.45) is 5.92 Å². The maximum atomic E-state index is 14.4. The van der Waals surface area contributed by atoms with Crippen LogP contribution >= 0.6 is 0 Å². The van der Waals surface area contributed by atoms with Crippen molar-refractivity contribution in [1.82, 2.24) is 20.0 Å².